The first kappa shape index (κ1) is 14.4. The Morgan fingerprint density at radius 3 is 2.38 bits per heavy atom. The Kier molecular flexibility index (Phi) is 3.64. The van der Waals surface area contributed by atoms with E-state index in [1.807, 2.05) is 0 Å². The zero-order valence-electron chi connectivity index (χ0n) is 13.7. The Hall–Kier alpha value is -1.57. The molecule has 3 rings (SSSR count). The highest BCUT2D eigenvalue weighted by atomic mass is 16.3. The average Bonchev–Trinajstić information content (AvgIpc) is 2.46. The van der Waals surface area contributed by atoms with E-state index >= 15 is 0 Å². The predicted octanol–water partition coefficient (Wildman–Crippen LogP) is 3.95. The van der Waals surface area contributed by atoms with E-state index in [1.54, 1.807) is 0 Å². The highest BCUT2D eigenvalue weighted by molar-refractivity contribution is 5.63. The van der Waals surface area contributed by atoms with Gasteiger partial charge in [-0.2, -0.15) is 0 Å². The van der Waals surface area contributed by atoms with E-state index in [4.69, 9.17) is 4.42 Å². The Labute approximate surface area is 127 Å². The van der Waals surface area contributed by atoms with Crippen LogP contribution in [0.1, 0.15) is 51.4 Å². The van der Waals surface area contributed by atoms with Crippen LogP contribution in [0, 0.1) is 6.92 Å². The van der Waals surface area contributed by atoms with Crippen molar-refractivity contribution in [2.45, 2.75) is 52.4 Å². The molecule has 0 aromatic heterocycles. The highest BCUT2D eigenvalue weighted by Gasteiger charge is 2.21. The molecule has 3 aliphatic rings. The second kappa shape index (κ2) is 5.32. The zero-order valence-corrected chi connectivity index (χ0v) is 13.7. The fraction of sp³-hybridized carbons (Fsp3) is 0.526. The first-order valence-corrected chi connectivity index (χ1v) is 8.08. The molecular formula is C19H26NO+. The Bertz CT molecular complexity index is 680. The third-order valence-corrected chi connectivity index (χ3v) is 4.42. The van der Waals surface area contributed by atoms with Crippen LogP contribution < -0.4 is 9.93 Å². The Morgan fingerprint density at radius 2 is 1.71 bits per heavy atom. The number of hydrogen-bond donors (Lipinski definition) is 0. The minimum atomic E-state index is 0.0417. The van der Waals surface area contributed by atoms with Gasteiger partial charge in [0.1, 0.15) is 24.6 Å². The van der Waals surface area contributed by atoms with Gasteiger partial charge in [-0.25, -0.2) is 4.58 Å². The van der Waals surface area contributed by atoms with Crippen LogP contribution >= 0.6 is 0 Å². The summed E-state index contributed by atoms with van der Waals surface area (Å²) in [6, 6.07) is 8.86. The average molecular weight is 284 g/mol. The van der Waals surface area contributed by atoms with Gasteiger partial charge in [0.2, 0.25) is 5.36 Å². The third-order valence-electron chi connectivity index (χ3n) is 4.42. The molecule has 0 amide bonds. The molecule has 2 aliphatic heterocycles. The summed E-state index contributed by atoms with van der Waals surface area (Å²) in [5.74, 6) is 2.08. The van der Waals surface area contributed by atoms with Crippen molar-refractivity contribution in [3.63, 3.8) is 0 Å². The number of aryl methyl sites for hydroxylation is 1. The van der Waals surface area contributed by atoms with Gasteiger partial charge in [-0.15, -0.1) is 0 Å². The molecule has 1 saturated heterocycles. The zero-order chi connectivity index (χ0) is 15.0. The molecule has 0 aromatic carbocycles. The van der Waals surface area contributed by atoms with Crippen molar-refractivity contribution < 1.29 is 4.42 Å². The largest absolute Gasteiger partial charge is 0.460 e. The summed E-state index contributed by atoms with van der Waals surface area (Å²) in [6.45, 7) is 11.1. The molecule has 112 valence electrons. The fourth-order valence-electron chi connectivity index (χ4n) is 3.06. The summed E-state index contributed by atoms with van der Waals surface area (Å²) in [4.78, 5) is 0. The minimum absolute atomic E-state index is 0.0417. The standard InChI is InChI=1S/C19H26NO/c1-14-12-18(19(2,3)4)21-17-13-15(8-9-16(14)17)20-10-6-5-7-11-20/h8-9,12-13H,5-7,10-11H2,1-4H3/q+1. The van der Waals surface area contributed by atoms with Crippen LogP contribution in [0.4, 0.5) is 0 Å². The van der Waals surface area contributed by atoms with E-state index < -0.39 is 0 Å². The minimum Gasteiger partial charge on any atom is -0.460 e. The van der Waals surface area contributed by atoms with E-state index in [1.165, 1.54) is 48.8 Å². The summed E-state index contributed by atoms with van der Waals surface area (Å²) in [5.41, 5.74) is 2.57. The van der Waals surface area contributed by atoms with Crippen LogP contribution in [0.25, 0.3) is 11.3 Å². The molecule has 0 saturated carbocycles. The van der Waals surface area contributed by atoms with Crippen LogP contribution in [0.5, 0.6) is 0 Å². The highest BCUT2D eigenvalue weighted by Crippen LogP contribution is 2.31. The number of fused-ring (bicyclic) bond motifs is 1. The molecule has 2 heteroatoms. The number of nitrogens with zero attached hydrogens (tertiary/aromatic N) is 1. The maximum Gasteiger partial charge on any atom is 0.203 e. The van der Waals surface area contributed by atoms with Gasteiger partial charge < -0.3 is 4.42 Å². The molecule has 1 fully saturated rings. The lowest BCUT2D eigenvalue weighted by Gasteiger charge is -2.20. The second-order valence-corrected chi connectivity index (χ2v) is 7.27. The molecule has 0 N–H and O–H groups in total. The predicted molar refractivity (Wildman–Crippen MR) is 87.6 cm³/mol. The summed E-state index contributed by atoms with van der Waals surface area (Å²) in [6.07, 6.45) is 3.97. The quantitative estimate of drug-likeness (QED) is 0.669. The van der Waals surface area contributed by atoms with Crippen LogP contribution in [0.15, 0.2) is 28.7 Å². The normalized spacial score (nSPS) is 16.5. The smallest absolute Gasteiger partial charge is 0.203 e. The SMILES string of the molecule is Cc1cc(C(C)(C)C)oc2cc(=[N+]3CCCCC3)ccc1-2. The molecule has 0 aromatic rings. The summed E-state index contributed by atoms with van der Waals surface area (Å²) >= 11 is 0. The molecule has 0 bridgehead atoms. The van der Waals surface area contributed by atoms with Crippen molar-refractivity contribution in [1.29, 1.82) is 0 Å². The van der Waals surface area contributed by atoms with Crippen molar-refractivity contribution in [3.05, 3.63) is 40.9 Å². The van der Waals surface area contributed by atoms with Crippen molar-refractivity contribution in [1.82, 2.24) is 4.58 Å². The monoisotopic (exact) mass is 284 g/mol. The topological polar surface area (TPSA) is 16.1 Å². The maximum atomic E-state index is 6.21. The van der Waals surface area contributed by atoms with Crippen LogP contribution in [-0.2, 0) is 5.41 Å². The van der Waals surface area contributed by atoms with E-state index in [0.717, 1.165) is 11.5 Å². The van der Waals surface area contributed by atoms with Gasteiger partial charge in [-0.05, 0) is 31.0 Å². The molecule has 0 spiro atoms. The van der Waals surface area contributed by atoms with E-state index in [9.17, 15) is 0 Å². The number of rotatable bonds is 0. The van der Waals surface area contributed by atoms with Crippen molar-refractivity contribution in [3.8, 4) is 11.3 Å². The first-order valence-electron chi connectivity index (χ1n) is 8.08. The third kappa shape index (κ3) is 2.90. The molecule has 2 nitrogen and oxygen atoms in total. The van der Waals surface area contributed by atoms with E-state index in [0.29, 0.717) is 0 Å². The molecule has 0 radical (unpaired) electrons. The Morgan fingerprint density at radius 1 is 1.00 bits per heavy atom. The van der Waals surface area contributed by atoms with Crippen LogP contribution in [-0.4, -0.2) is 13.1 Å². The maximum absolute atomic E-state index is 6.21. The summed E-state index contributed by atoms with van der Waals surface area (Å²) in [7, 11) is 0. The van der Waals surface area contributed by atoms with Crippen molar-refractivity contribution in [2.75, 3.05) is 13.1 Å². The summed E-state index contributed by atoms with van der Waals surface area (Å²) < 4.78 is 8.70. The fourth-order valence-corrected chi connectivity index (χ4v) is 3.06. The van der Waals surface area contributed by atoms with Gasteiger partial charge >= 0.3 is 0 Å². The van der Waals surface area contributed by atoms with E-state index in [2.05, 4.69) is 56.5 Å². The molecule has 1 aliphatic carbocycles. The van der Waals surface area contributed by atoms with Gasteiger partial charge in [0.15, 0.2) is 0 Å². The molecule has 0 unspecified atom stereocenters. The van der Waals surface area contributed by atoms with Gasteiger partial charge in [-0.1, -0.05) is 20.8 Å². The van der Waals surface area contributed by atoms with E-state index in [-0.39, 0.29) is 5.41 Å². The lowest BCUT2D eigenvalue weighted by Crippen LogP contribution is -2.34. The molecule has 2 heterocycles. The number of piperidine rings is 1. The Balaban J connectivity index is 2.19. The van der Waals surface area contributed by atoms with Crippen molar-refractivity contribution in [2.24, 2.45) is 0 Å². The lowest BCUT2D eigenvalue weighted by atomic mass is 9.91. The molecule has 0 atom stereocenters. The van der Waals surface area contributed by atoms with Crippen LogP contribution in [0.2, 0.25) is 0 Å². The summed E-state index contributed by atoms with van der Waals surface area (Å²) in [5, 5.41) is 1.30. The van der Waals surface area contributed by atoms with Crippen molar-refractivity contribution >= 4 is 0 Å². The lowest BCUT2D eigenvalue weighted by molar-refractivity contribution is 0.402. The van der Waals surface area contributed by atoms with Gasteiger partial charge in [-0.3, -0.25) is 0 Å². The van der Waals surface area contributed by atoms with Gasteiger partial charge in [0.25, 0.3) is 0 Å². The number of benzene rings is 1. The van der Waals surface area contributed by atoms with Gasteiger partial charge in [0, 0.05) is 29.9 Å². The molecule has 21 heavy (non-hydrogen) atoms. The van der Waals surface area contributed by atoms with Crippen LogP contribution in [0.3, 0.4) is 0 Å². The van der Waals surface area contributed by atoms with Gasteiger partial charge in [0.05, 0.1) is 6.07 Å². The number of hydrogen-bond acceptors (Lipinski definition) is 1. The molecular weight excluding hydrogens is 258 g/mol. The first-order chi connectivity index (χ1) is 9.95. The second-order valence-electron chi connectivity index (χ2n) is 7.27.